The van der Waals surface area contributed by atoms with Gasteiger partial charge in [0.25, 0.3) is 0 Å². The zero-order valence-electron chi connectivity index (χ0n) is 18.3. The Kier molecular flexibility index (Phi) is 6.93. The lowest BCUT2D eigenvalue weighted by Gasteiger charge is -2.26. The number of hydrogen-bond donors (Lipinski definition) is 1. The van der Waals surface area contributed by atoms with E-state index in [-0.39, 0.29) is 6.42 Å². The first-order valence-corrected chi connectivity index (χ1v) is 10.2. The van der Waals surface area contributed by atoms with E-state index in [4.69, 9.17) is 19.5 Å². The molecule has 0 aliphatic rings. The van der Waals surface area contributed by atoms with Crippen LogP contribution in [-0.4, -0.2) is 41.4 Å². The fourth-order valence-electron chi connectivity index (χ4n) is 2.63. The summed E-state index contributed by atoms with van der Waals surface area (Å²) in [6.07, 6.45) is -0.619. The molecule has 0 radical (unpaired) electrons. The Hall–Kier alpha value is -2.86. The van der Waals surface area contributed by atoms with E-state index in [9.17, 15) is 9.59 Å². The average molecular weight is 434 g/mol. The predicted octanol–water partition coefficient (Wildman–Crippen LogP) is 3.95. The quantitative estimate of drug-likeness (QED) is 0.711. The van der Waals surface area contributed by atoms with Crippen molar-refractivity contribution in [3.05, 3.63) is 22.7 Å². The summed E-state index contributed by atoms with van der Waals surface area (Å²) in [5.41, 5.74) is -0.178. The number of nitriles is 1. The van der Waals surface area contributed by atoms with E-state index >= 15 is 0 Å². The molecule has 1 heterocycles. The number of fused-ring (bicyclic) bond motifs is 1. The number of esters is 1. The van der Waals surface area contributed by atoms with Gasteiger partial charge in [-0.1, -0.05) is 0 Å². The summed E-state index contributed by atoms with van der Waals surface area (Å²) in [4.78, 5) is 29.4. The highest BCUT2D eigenvalue weighted by molar-refractivity contribution is 7.19. The van der Waals surface area contributed by atoms with E-state index in [2.05, 4.69) is 10.3 Å². The molecule has 30 heavy (non-hydrogen) atoms. The highest BCUT2D eigenvalue weighted by atomic mass is 32.1. The van der Waals surface area contributed by atoms with Gasteiger partial charge >= 0.3 is 12.1 Å². The largest absolute Gasteiger partial charge is 0.496 e. The maximum Gasteiger partial charge on any atom is 0.408 e. The van der Waals surface area contributed by atoms with Gasteiger partial charge in [-0.3, -0.25) is 0 Å². The van der Waals surface area contributed by atoms with Crippen molar-refractivity contribution in [2.45, 2.75) is 65.2 Å². The molecule has 8 nitrogen and oxygen atoms in total. The zero-order chi connectivity index (χ0) is 22.7. The summed E-state index contributed by atoms with van der Waals surface area (Å²) in [6.45, 7) is 10.5. The molecule has 1 atom stereocenters. The second kappa shape index (κ2) is 8.88. The monoisotopic (exact) mass is 433 g/mol. The van der Waals surface area contributed by atoms with Crippen molar-refractivity contribution in [3.63, 3.8) is 0 Å². The summed E-state index contributed by atoms with van der Waals surface area (Å²) in [7, 11) is 1.51. The van der Waals surface area contributed by atoms with Crippen LogP contribution in [0.2, 0.25) is 0 Å². The van der Waals surface area contributed by atoms with Crippen LogP contribution in [0.1, 0.15) is 52.1 Å². The molecule has 1 aromatic heterocycles. The van der Waals surface area contributed by atoms with Gasteiger partial charge in [0, 0.05) is 6.42 Å². The van der Waals surface area contributed by atoms with Crippen molar-refractivity contribution in [1.29, 1.82) is 5.26 Å². The third kappa shape index (κ3) is 6.59. The molecule has 2 aromatic rings. The van der Waals surface area contributed by atoms with Gasteiger partial charge in [-0.2, -0.15) is 5.26 Å². The molecule has 1 N–H and O–H groups in total. The number of nitrogens with zero attached hydrogens (tertiary/aromatic N) is 2. The average Bonchev–Trinajstić information content (AvgIpc) is 2.99. The Labute approximate surface area is 180 Å². The first-order valence-electron chi connectivity index (χ1n) is 9.41. The minimum atomic E-state index is -1.00. The van der Waals surface area contributed by atoms with Gasteiger partial charge in [0.2, 0.25) is 0 Å². The minimum Gasteiger partial charge on any atom is -0.496 e. The van der Waals surface area contributed by atoms with Crippen molar-refractivity contribution in [3.8, 4) is 11.8 Å². The smallest absolute Gasteiger partial charge is 0.408 e. The fourth-order valence-corrected chi connectivity index (χ4v) is 3.40. The van der Waals surface area contributed by atoms with E-state index in [0.717, 1.165) is 4.70 Å². The van der Waals surface area contributed by atoms with E-state index in [1.807, 2.05) is 6.07 Å². The van der Waals surface area contributed by atoms with Crippen LogP contribution in [0.25, 0.3) is 10.2 Å². The molecule has 0 unspecified atom stereocenters. The lowest BCUT2D eigenvalue weighted by Crippen LogP contribution is -2.47. The molecule has 0 fully saturated rings. The van der Waals surface area contributed by atoms with Gasteiger partial charge in [0.1, 0.15) is 29.1 Å². The summed E-state index contributed by atoms with van der Waals surface area (Å²) < 4.78 is 17.0. The number of aromatic nitrogens is 1. The number of ether oxygens (including phenoxy) is 3. The Morgan fingerprint density at radius 1 is 1.17 bits per heavy atom. The molecular formula is C21H27N3O5S. The Morgan fingerprint density at radius 2 is 1.80 bits per heavy atom. The van der Waals surface area contributed by atoms with Gasteiger partial charge in [-0.05, 0) is 59.2 Å². The number of methoxy groups -OCH3 is 1. The van der Waals surface area contributed by atoms with Crippen molar-refractivity contribution >= 4 is 33.6 Å². The molecule has 162 valence electrons. The standard InChI is InChI=1S/C21H27N3O5S/c1-20(2,3)28-18(25)14(24-19(26)29-21(4,5)6)9-12-8-13-16(10-15(12)27-7)30-17(11-22)23-13/h8,10,14H,9H2,1-7H3,(H,24,26)/t14-/m0/s1. The molecular weight excluding hydrogens is 406 g/mol. The Bertz CT molecular complexity index is 979. The van der Waals surface area contributed by atoms with Crippen LogP contribution in [0.15, 0.2) is 12.1 Å². The highest BCUT2D eigenvalue weighted by Gasteiger charge is 2.30. The van der Waals surface area contributed by atoms with Crippen LogP contribution in [0.4, 0.5) is 4.79 Å². The molecule has 0 spiro atoms. The Morgan fingerprint density at radius 3 is 2.33 bits per heavy atom. The van der Waals surface area contributed by atoms with Crippen LogP contribution >= 0.6 is 11.3 Å². The van der Waals surface area contributed by atoms with E-state index in [1.54, 1.807) is 53.7 Å². The van der Waals surface area contributed by atoms with E-state index in [1.165, 1.54) is 18.4 Å². The van der Waals surface area contributed by atoms with Crippen LogP contribution < -0.4 is 10.1 Å². The minimum absolute atomic E-state index is 0.104. The van der Waals surface area contributed by atoms with Gasteiger partial charge in [0.05, 0.1) is 17.3 Å². The highest BCUT2D eigenvalue weighted by Crippen LogP contribution is 2.31. The van der Waals surface area contributed by atoms with Crippen molar-refractivity contribution in [2.75, 3.05) is 7.11 Å². The van der Waals surface area contributed by atoms with Crippen LogP contribution in [0.5, 0.6) is 5.75 Å². The SMILES string of the molecule is COc1cc2sc(C#N)nc2cc1C[C@H](NC(=O)OC(C)(C)C)C(=O)OC(C)(C)C. The second-order valence-corrected chi connectivity index (χ2v) is 9.73. The van der Waals surface area contributed by atoms with E-state index in [0.29, 0.717) is 21.8 Å². The second-order valence-electron chi connectivity index (χ2n) is 8.70. The third-order valence-corrected chi connectivity index (χ3v) is 4.62. The summed E-state index contributed by atoms with van der Waals surface area (Å²) in [6, 6.07) is 4.54. The molecule has 1 aromatic carbocycles. The maximum absolute atomic E-state index is 12.8. The van der Waals surface area contributed by atoms with Crippen LogP contribution in [-0.2, 0) is 20.7 Å². The molecule has 0 aliphatic heterocycles. The summed E-state index contributed by atoms with van der Waals surface area (Å²) in [5.74, 6) is -0.0679. The predicted molar refractivity (Wildman–Crippen MR) is 114 cm³/mol. The molecule has 0 bridgehead atoms. The van der Waals surface area contributed by atoms with Gasteiger partial charge in [-0.25, -0.2) is 14.6 Å². The number of rotatable bonds is 5. The third-order valence-electron chi connectivity index (χ3n) is 3.69. The van der Waals surface area contributed by atoms with Crippen LogP contribution in [0.3, 0.4) is 0 Å². The first-order chi connectivity index (χ1) is 13.8. The van der Waals surface area contributed by atoms with Crippen molar-refractivity contribution in [2.24, 2.45) is 0 Å². The van der Waals surface area contributed by atoms with Gasteiger partial charge in [0.15, 0.2) is 5.01 Å². The fraction of sp³-hybridized carbons (Fsp3) is 0.524. The van der Waals surface area contributed by atoms with Gasteiger partial charge in [-0.15, -0.1) is 11.3 Å². The summed E-state index contributed by atoms with van der Waals surface area (Å²) >= 11 is 1.25. The van der Waals surface area contributed by atoms with Crippen molar-refractivity contribution in [1.82, 2.24) is 10.3 Å². The number of hydrogen-bond acceptors (Lipinski definition) is 8. The normalized spacial score (nSPS) is 12.7. The molecule has 2 rings (SSSR count). The molecule has 0 saturated carbocycles. The molecule has 1 amide bonds. The lowest BCUT2D eigenvalue weighted by molar-refractivity contribution is -0.157. The maximum atomic E-state index is 12.8. The van der Waals surface area contributed by atoms with Crippen molar-refractivity contribution < 1.29 is 23.8 Å². The first kappa shape index (κ1) is 23.4. The van der Waals surface area contributed by atoms with E-state index < -0.39 is 29.3 Å². The zero-order valence-corrected chi connectivity index (χ0v) is 19.1. The van der Waals surface area contributed by atoms with Gasteiger partial charge < -0.3 is 19.5 Å². The number of nitrogens with one attached hydrogen (secondary N) is 1. The molecule has 0 aliphatic carbocycles. The topological polar surface area (TPSA) is 111 Å². The molecule has 0 saturated heterocycles. The Balaban J connectivity index is 2.37. The number of alkyl carbamates (subject to hydrolysis) is 1. The number of amides is 1. The number of carbonyl (C=O) groups excluding carboxylic acids is 2. The summed E-state index contributed by atoms with van der Waals surface area (Å²) in [5, 5.41) is 12.0. The molecule has 9 heteroatoms. The van der Waals surface area contributed by atoms with Crippen LogP contribution in [0, 0.1) is 11.3 Å². The number of thiazole rings is 1. The lowest BCUT2D eigenvalue weighted by atomic mass is 10.0. The number of carbonyl (C=O) groups is 2. The number of benzene rings is 1.